The van der Waals surface area contributed by atoms with E-state index in [1.165, 1.54) is 0 Å². The Bertz CT molecular complexity index is 427. The van der Waals surface area contributed by atoms with Crippen LogP contribution < -0.4 is 21.2 Å². The molecule has 0 radical (unpaired) electrons. The molecule has 7 nitrogen and oxygen atoms in total. The SMILES string of the molecule is O=C1CCNN1.O=C1Cc2ncccc2ON1. The van der Waals surface area contributed by atoms with Crippen LogP contribution >= 0.6 is 0 Å². The van der Waals surface area contributed by atoms with E-state index in [9.17, 15) is 9.59 Å². The summed E-state index contributed by atoms with van der Waals surface area (Å²) in [5.74, 6) is 0.568. The van der Waals surface area contributed by atoms with Gasteiger partial charge < -0.3 is 4.84 Å². The minimum atomic E-state index is -0.156. The first-order chi connectivity index (χ1) is 8.25. The van der Waals surface area contributed by atoms with Gasteiger partial charge in [-0.3, -0.25) is 20.0 Å². The minimum absolute atomic E-state index is 0.0926. The summed E-state index contributed by atoms with van der Waals surface area (Å²) in [5, 5.41) is 0. The zero-order valence-corrected chi connectivity index (χ0v) is 9.03. The van der Waals surface area contributed by atoms with E-state index in [-0.39, 0.29) is 11.8 Å². The number of hydrogen-bond donors (Lipinski definition) is 3. The van der Waals surface area contributed by atoms with Crippen molar-refractivity contribution in [1.82, 2.24) is 21.3 Å². The molecule has 2 amide bonds. The largest absolute Gasteiger partial charge is 0.378 e. The first-order valence-electron chi connectivity index (χ1n) is 5.17. The summed E-state index contributed by atoms with van der Waals surface area (Å²) in [6, 6.07) is 3.53. The average Bonchev–Trinajstić information content (AvgIpc) is 2.81. The molecule has 90 valence electrons. The smallest absolute Gasteiger partial charge is 0.258 e. The van der Waals surface area contributed by atoms with Crippen LogP contribution in [-0.4, -0.2) is 23.3 Å². The lowest BCUT2D eigenvalue weighted by Crippen LogP contribution is -2.33. The fourth-order valence-electron chi connectivity index (χ4n) is 1.35. The minimum Gasteiger partial charge on any atom is -0.378 e. The number of pyridine rings is 1. The quantitative estimate of drug-likeness (QED) is 0.540. The van der Waals surface area contributed by atoms with Gasteiger partial charge in [-0.2, -0.15) is 5.48 Å². The van der Waals surface area contributed by atoms with Gasteiger partial charge in [0.15, 0.2) is 5.75 Å². The molecule has 2 aliphatic heterocycles. The van der Waals surface area contributed by atoms with Crippen LogP contribution in [-0.2, 0) is 16.0 Å². The number of hydrogen-bond acceptors (Lipinski definition) is 5. The number of rotatable bonds is 0. The Morgan fingerprint density at radius 2 is 2.18 bits per heavy atom. The van der Waals surface area contributed by atoms with Gasteiger partial charge in [0, 0.05) is 19.2 Å². The van der Waals surface area contributed by atoms with Gasteiger partial charge in [-0.15, -0.1) is 0 Å². The predicted octanol–water partition coefficient (Wildman–Crippen LogP) is -0.941. The highest BCUT2D eigenvalue weighted by Crippen LogP contribution is 2.17. The number of fused-ring (bicyclic) bond motifs is 1. The Kier molecular flexibility index (Phi) is 3.51. The molecule has 3 rings (SSSR count). The summed E-state index contributed by atoms with van der Waals surface area (Å²) in [7, 11) is 0. The molecule has 0 bridgehead atoms. The van der Waals surface area contributed by atoms with Crippen LogP contribution in [0.4, 0.5) is 0 Å². The van der Waals surface area contributed by atoms with Gasteiger partial charge in [0.1, 0.15) is 0 Å². The van der Waals surface area contributed by atoms with Gasteiger partial charge in [0.2, 0.25) is 5.91 Å². The van der Waals surface area contributed by atoms with E-state index in [1.54, 1.807) is 18.3 Å². The van der Waals surface area contributed by atoms with E-state index in [1.807, 2.05) is 0 Å². The molecule has 1 aromatic heterocycles. The summed E-state index contributed by atoms with van der Waals surface area (Å²) in [4.78, 5) is 29.7. The van der Waals surface area contributed by atoms with Crippen molar-refractivity contribution in [3.05, 3.63) is 24.0 Å². The molecule has 1 aromatic rings. The topological polar surface area (TPSA) is 92.4 Å². The molecule has 0 atom stereocenters. The third kappa shape index (κ3) is 3.15. The van der Waals surface area contributed by atoms with Crippen LogP contribution in [0, 0.1) is 0 Å². The lowest BCUT2D eigenvalue weighted by molar-refractivity contribution is -0.128. The number of nitrogens with one attached hydrogen (secondary N) is 3. The van der Waals surface area contributed by atoms with Crippen molar-refractivity contribution < 1.29 is 14.4 Å². The maximum absolute atomic E-state index is 10.7. The van der Waals surface area contributed by atoms with Crippen LogP contribution in [0.5, 0.6) is 5.75 Å². The molecule has 7 heteroatoms. The summed E-state index contributed by atoms with van der Waals surface area (Å²) >= 11 is 0. The summed E-state index contributed by atoms with van der Waals surface area (Å²) in [6.45, 7) is 0.777. The molecule has 1 fully saturated rings. The molecule has 3 heterocycles. The van der Waals surface area contributed by atoms with Gasteiger partial charge in [-0.25, -0.2) is 5.43 Å². The molecule has 0 spiro atoms. The van der Waals surface area contributed by atoms with Crippen LogP contribution in [0.2, 0.25) is 0 Å². The van der Waals surface area contributed by atoms with E-state index < -0.39 is 0 Å². The Hall–Kier alpha value is -2.15. The second kappa shape index (κ2) is 5.26. The lowest BCUT2D eigenvalue weighted by atomic mass is 10.2. The highest BCUT2D eigenvalue weighted by molar-refractivity contribution is 5.79. The van der Waals surface area contributed by atoms with Gasteiger partial charge in [-0.1, -0.05) is 0 Å². The van der Waals surface area contributed by atoms with Gasteiger partial charge in [0.05, 0.1) is 12.1 Å². The van der Waals surface area contributed by atoms with Gasteiger partial charge in [-0.05, 0) is 12.1 Å². The van der Waals surface area contributed by atoms with E-state index >= 15 is 0 Å². The highest BCUT2D eigenvalue weighted by Gasteiger charge is 2.16. The number of carbonyl (C=O) groups is 2. The summed E-state index contributed by atoms with van der Waals surface area (Å²) in [5.41, 5.74) is 8.05. The van der Waals surface area contributed by atoms with Gasteiger partial charge >= 0.3 is 0 Å². The van der Waals surface area contributed by atoms with Crippen LogP contribution in [0.3, 0.4) is 0 Å². The number of aromatic nitrogens is 1. The second-order valence-electron chi connectivity index (χ2n) is 3.48. The average molecular weight is 236 g/mol. The molecule has 3 N–H and O–H groups in total. The zero-order chi connectivity index (χ0) is 12.1. The van der Waals surface area contributed by atoms with Crippen LogP contribution in [0.1, 0.15) is 12.1 Å². The summed E-state index contributed by atoms with van der Waals surface area (Å²) < 4.78 is 0. The van der Waals surface area contributed by atoms with Crippen LogP contribution in [0.15, 0.2) is 18.3 Å². The number of carbonyl (C=O) groups excluding carboxylic acids is 2. The van der Waals surface area contributed by atoms with Crippen molar-refractivity contribution >= 4 is 11.8 Å². The lowest BCUT2D eigenvalue weighted by Gasteiger charge is -2.14. The maximum Gasteiger partial charge on any atom is 0.258 e. The number of hydrazine groups is 1. The van der Waals surface area contributed by atoms with Crippen LogP contribution in [0.25, 0.3) is 0 Å². The molecule has 2 aliphatic rings. The number of amides is 2. The van der Waals surface area contributed by atoms with Crippen molar-refractivity contribution in [1.29, 1.82) is 0 Å². The molecule has 0 aliphatic carbocycles. The summed E-state index contributed by atoms with van der Waals surface area (Å²) in [6.07, 6.45) is 2.57. The normalized spacial score (nSPS) is 16.9. The molecular formula is C10H12N4O3. The van der Waals surface area contributed by atoms with Crippen molar-refractivity contribution in [2.24, 2.45) is 0 Å². The molecule has 17 heavy (non-hydrogen) atoms. The predicted molar refractivity (Wildman–Crippen MR) is 57.5 cm³/mol. The molecule has 0 aromatic carbocycles. The van der Waals surface area contributed by atoms with Crippen molar-refractivity contribution in [2.45, 2.75) is 12.8 Å². The Morgan fingerprint density at radius 3 is 2.82 bits per heavy atom. The third-order valence-corrected chi connectivity index (χ3v) is 2.16. The zero-order valence-electron chi connectivity index (χ0n) is 9.03. The molecule has 0 saturated carbocycles. The third-order valence-electron chi connectivity index (χ3n) is 2.16. The van der Waals surface area contributed by atoms with Crippen molar-refractivity contribution in [3.63, 3.8) is 0 Å². The fourth-order valence-corrected chi connectivity index (χ4v) is 1.35. The number of hydroxylamine groups is 1. The van der Waals surface area contributed by atoms with Crippen molar-refractivity contribution in [2.75, 3.05) is 6.54 Å². The maximum atomic E-state index is 10.7. The monoisotopic (exact) mass is 236 g/mol. The van der Waals surface area contributed by atoms with E-state index in [4.69, 9.17) is 4.84 Å². The highest BCUT2D eigenvalue weighted by atomic mass is 16.7. The number of nitrogens with zero attached hydrogens (tertiary/aromatic N) is 1. The van der Waals surface area contributed by atoms with Crippen molar-refractivity contribution in [3.8, 4) is 5.75 Å². The Morgan fingerprint density at radius 1 is 1.29 bits per heavy atom. The fraction of sp³-hybridized carbons (Fsp3) is 0.300. The molecule has 0 unspecified atom stereocenters. The standard InChI is InChI=1S/C7H6N2O2.C3H6N2O/c10-7-4-5-6(11-9-7)2-1-3-8-5;6-3-1-2-4-5-3/h1-3H,4H2,(H,9,10);4H,1-2H2,(H,5,6). The van der Waals surface area contributed by atoms with E-state index in [0.717, 1.165) is 6.54 Å². The Balaban J connectivity index is 0.000000153. The second-order valence-corrected chi connectivity index (χ2v) is 3.48. The Labute approximate surface area is 97.5 Å². The van der Waals surface area contributed by atoms with E-state index in [2.05, 4.69) is 21.3 Å². The molecule has 1 saturated heterocycles. The molecular weight excluding hydrogens is 224 g/mol. The first-order valence-corrected chi connectivity index (χ1v) is 5.17. The van der Waals surface area contributed by atoms with Gasteiger partial charge in [0.25, 0.3) is 5.91 Å². The van der Waals surface area contributed by atoms with E-state index in [0.29, 0.717) is 24.3 Å². The first kappa shape index (κ1) is 11.3.